The summed E-state index contributed by atoms with van der Waals surface area (Å²) in [6, 6.07) is 10.1. The van der Waals surface area contributed by atoms with Crippen LogP contribution >= 0.6 is 0 Å². The highest BCUT2D eigenvalue weighted by Gasteiger charge is 2.13. The van der Waals surface area contributed by atoms with Gasteiger partial charge >= 0.3 is 0 Å². The highest BCUT2D eigenvalue weighted by Crippen LogP contribution is 2.21. The number of benzene rings is 1. The van der Waals surface area contributed by atoms with Crippen molar-refractivity contribution in [1.82, 2.24) is 10.2 Å². The summed E-state index contributed by atoms with van der Waals surface area (Å²) in [6.07, 6.45) is 1.82. The molecular weight excluding hydrogens is 186 g/mol. The Morgan fingerprint density at radius 3 is 2.27 bits per heavy atom. The number of aromatic amines is 1. The third kappa shape index (κ3) is 2.07. The van der Waals surface area contributed by atoms with Gasteiger partial charge in [-0.3, -0.25) is 5.10 Å². The molecule has 3 heteroatoms. The van der Waals surface area contributed by atoms with E-state index in [1.165, 1.54) is 0 Å². The van der Waals surface area contributed by atoms with Crippen molar-refractivity contribution >= 4 is 0 Å². The molecule has 0 spiro atoms. The fourth-order valence-electron chi connectivity index (χ4n) is 1.49. The SMILES string of the molecule is CC(C)(N)c1ccc(-c2cc[nH]n2)cc1. The predicted molar refractivity (Wildman–Crippen MR) is 61.2 cm³/mol. The molecule has 2 aromatic rings. The number of aromatic nitrogens is 2. The number of hydrogen-bond donors (Lipinski definition) is 2. The van der Waals surface area contributed by atoms with Crippen LogP contribution < -0.4 is 5.73 Å². The minimum Gasteiger partial charge on any atom is -0.322 e. The number of hydrogen-bond acceptors (Lipinski definition) is 2. The van der Waals surface area contributed by atoms with Crippen LogP contribution in [-0.4, -0.2) is 10.2 Å². The van der Waals surface area contributed by atoms with Gasteiger partial charge in [-0.1, -0.05) is 24.3 Å². The molecule has 0 saturated carbocycles. The largest absolute Gasteiger partial charge is 0.322 e. The molecule has 0 amide bonds. The smallest absolute Gasteiger partial charge is 0.0920 e. The van der Waals surface area contributed by atoms with Crippen LogP contribution in [0.25, 0.3) is 11.3 Å². The first-order chi connectivity index (χ1) is 7.07. The number of nitrogens with zero attached hydrogens (tertiary/aromatic N) is 1. The van der Waals surface area contributed by atoms with E-state index in [9.17, 15) is 0 Å². The van der Waals surface area contributed by atoms with E-state index in [-0.39, 0.29) is 5.54 Å². The first-order valence-electron chi connectivity index (χ1n) is 4.97. The third-order valence-electron chi connectivity index (χ3n) is 2.43. The number of H-pyrrole nitrogens is 1. The summed E-state index contributed by atoms with van der Waals surface area (Å²) in [4.78, 5) is 0. The second-order valence-corrected chi connectivity index (χ2v) is 4.26. The van der Waals surface area contributed by atoms with Gasteiger partial charge in [0.2, 0.25) is 0 Å². The first-order valence-corrected chi connectivity index (χ1v) is 4.97. The van der Waals surface area contributed by atoms with Crippen molar-refractivity contribution < 1.29 is 0 Å². The molecular formula is C12H15N3. The van der Waals surface area contributed by atoms with Gasteiger partial charge < -0.3 is 5.73 Å². The Kier molecular flexibility index (Phi) is 2.32. The molecule has 0 fully saturated rings. The zero-order valence-corrected chi connectivity index (χ0v) is 8.99. The summed E-state index contributed by atoms with van der Waals surface area (Å²) < 4.78 is 0. The van der Waals surface area contributed by atoms with Crippen LogP contribution in [0.1, 0.15) is 19.4 Å². The molecule has 0 aliphatic heterocycles. The molecule has 0 radical (unpaired) electrons. The molecule has 0 bridgehead atoms. The molecule has 1 aromatic carbocycles. The molecule has 0 unspecified atom stereocenters. The van der Waals surface area contributed by atoms with Gasteiger partial charge in [0.05, 0.1) is 5.69 Å². The maximum Gasteiger partial charge on any atom is 0.0920 e. The normalized spacial score (nSPS) is 11.7. The molecule has 1 heterocycles. The predicted octanol–water partition coefficient (Wildman–Crippen LogP) is 2.27. The Morgan fingerprint density at radius 1 is 1.13 bits per heavy atom. The maximum atomic E-state index is 6.00. The lowest BCUT2D eigenvalue weighted by Gasteiger charge is -2.19. The van der Waals surface area contributed by atoms with Crippen molar-refractivity contribution in [2.75, 3.05) is 0 Å². The highest BCUT2D eigenvalue weighted by molar-refractivity contribution is 5.58. The molecule has 0 saturated heterocycles. The van der Waals surface area contributed by atoms with Gasteiger partial charge in [0.25, 0.3) is 0 Å². The van der Waals surface area contributed by atoms with Crippen molar-refractivity contribution in [2.45, 2.75) is 19.4 Å². The van der Waals surface area contributed by atoms with Gasteiger partial charge in [0.15, 0.2) is 0 Å². The average molecular weight is 201 g/mol. The van der Waals surface area contributed by atoms with E-state index >= 15 is 0 Å². The van der Waals surface area contributed by atoms with E-state index < -0.39 is 0 Å². The summed E-state index contributed by atoms with van der Waals surface area (Å²) in [5.41, 5.74) is 8.90. The van der Waals surface area contributed by atoms with E-state index in [4.69, 9.17) is 5.73 Å². The molecule has 0 atom stereocenters. The summed E-state index contributed by atoms with van der Waals surface area (Å²) in [5, 5.41) is 6.92. The monoisotopic (exact) mass is 201 g/mol. The molecule has 0 aliphatic carbocycles. The van der Waals surface area contributed by atoms with Crippen LogP contribution in [0, 0.1) is 0 Å². The molecule has 3 nitrogen and oxygen atoms in total. The maximum absolute atomic E-state index is 6.00. The lowest BCUT2D eigenvalue weighted by Crippen LogP contribution is -2.28. The first kappa shape index (κ1) is 9.93. The van der Waals surface area contributed by atoms with Crippen LogP contribution in [0.5, 0.6) is 0 Å². The standard InChI is InChI=1S/C12H15N3/c1-12(2,13)10-5-3-9(4-6-10)11-7-8-14-15-11/h3-8H,13H2,1-2H3,(H,14,15). The van der Waals surface area contributed by atoms with E-state index in [2.05, 4.69) is 10.2 Å². The van der Waals surface area contributed by atoms with Gasteiger partial charge in [-0.15, -0.1) is 0 Å². The topological polar surface area (TPSA) is 54.7 Å². The van der Waals surface area contributed by atoms with Gasteiger partial charge in [0, 0.05) is 17.3 Å². The van der Waals surface area contributed by atoms with Crippen molar-refractivity contribution in [2.24, 2.45) is 5.73 Å². The molecule has 1 aromatic heterocycles. The van der Waals surface area contributed by atoms with Crippen molar-refractivity contribution in [3.05, 3.63) is 42.1 Å². The minimum absolute atomic E-state index is 0.288. The molecule has 78 valence electrons. The lowest BCUT2D eigenvalue weighted by molar-refractivity contribution is 0.554. The van der Waals surface area contributed by atoms with Crippen LogP contribution in [0.4, 0.5) is 0 Å². The Bertz CT molecular complexity index is 421. The average Bonchev–Trinajstić information content (AvgIpc) is 2.69. The molecule has 0 aliphatic rings. The zero-order valence-electron chi connectivity index (χ0n) is 8.99. The Hall–Kier alpha value is -1.61. The second-order valence-electron chi connectivity index (χ2n) is 4.26. The Labute approximate surface area is 89.3 Å². The third-order valence-corrected chi connectivity index (χ3v) is 2.43. The van der Waals surface area contributed by atoms with Gasteiger partial charge in [-0.05, 0) is 25.5 Å². The molecule has 15 heavy (non-hydrogen) atoms. The van der Waals surface area contributed by atoms with Crippen molar-refractivity contribution in [3.63, 3.8) is 0 Å². The lowest BCUT2D eigenvalue weighted by atomic mass is 9.94. The second kappa shape index (κ2) is 3.51. The number of nitrogens with two attached hydrogens (primary N) is 1. The quantitative estimate of drug-likeness (QED) is 0.783. The van der Waals surface area contributed by atoms with Crippen LogP contribution in [0.3, 0.4) is 0 Å². The van der Waals surface area contributed by atoms with E-state index in [1.54, 1.807) is 0 Å². The minimum atomic E-state index is -0.288. The summed E-state index contributed by atoms with van der Waals surface area (Å²) >= 11 is 0. The molecule has 2 rings (SSSR count). The Morgan fingerprint density at radius 2 is 1.80 bits per heavy atom. The fraction of sp³-hybridized carbons (Fsp3) is 0.250. The summed E-state index contributed by atoms with van der Waals surface area (Å²) in [5.74, 6) is 0. The number of rotatable bonds is 2. The van der Waals surface area contributed by atoms with Crippen LogP contribution in [0.15, 0.2) is 36.5 Å². The summed E-state index contributed by atoms with van der Waals surface area (Å²) in [7, 11) is 0. The van der Waals surface area contributed by atoms with E-state index in [0.29, 0.717) is 0 Å². The van der Waals surface area contributed by atoms with Gasteiger partial charge in [-0.25, -0.2) is 0 Å². The Balaban J connectivity index is 2.33. The van der Waals surface area contributed by atoms with Gasteiger partial charge in [-0.2, -0.15) is 5.10 Å². The van der Waals surface area contributed by atoms with E-state index in [1.807, 2.05) is 50.4 Å². The zero-order chi connectivity index (χ0) is 10.9. The van der Waals surface area contributed by atoms with Gasteiger partial charge in [0.1, 0.15) is 0 Å². The van der Waals surface area contributed by atoms with Crippen LogP contribution in [-0.2, 0) is 5.54 Å². The highest BCUT2D eigenvalue weighted by atomic mass is 15.1. The van der Waals surface area contributed by atoms with Crippen molar-refractivity contribution in [3.8, 4) is 11.3 Å². The van der Waals surface area contributed by atoms with E-state index in [0.717, 1.165) is 16.8 Å². The molecule has 3 N–H and O–H groups in total. The summed E-state index contributed by atoms with van der Waals surface area (Å²) in [6.45, 7) is 3.99. The van der Waals surface area contributed by atoms with Crippen molar-refractivity contribution in [1.29, 1.82) is 0 Å². The van der Waals surface area contributed by atoms with Crippen LogP contribution in [0.2, 0.25) is 0 Å². The number of nitrogens with one attached hydrogen (secondary N) is 1. The fourth-order valence-corrected chi connectivity index (χ4v) is 1.49.